The summed E-state index contributed by atoms with van der Waals surface area (Å²) in [6, 6.07) is 6.47. The number of thioether (sulfide) groups is 1. The van der Waals surface area contributed by atoms with Gasteiger partial charge in [-0.1, -0.05) is 17.8 Å². The minimum absolute atomic E-state index is 0.765. The Balaban J connectivity index is 1.98. The maximum atomic E-state index is 5.46. The summed E-state index contributed by atoms with van der Waals surface area (Å²) in [5, 5.41) is 0. The Bertz CT molecular complexity index is 314. The van der Waals surface area contributed by atoms with Gasteiger partial charge in [0.1, 0.15) is 11.7 Å². The van der Waals surface area contributed by atoms with E-state index in [1.807, 2.05) is 0 Å². The van der Waals surface area contributed by atoms with E-state index in [1.165, 1.54) is 16.9 Å². The minimum Gasteiger partial charge on any atom is -0.481 e. The molecular weight excluding hydrogens is 194 g/mol. The Labute approximate surface area is 88.8 Å². The van der Waals surface area contributed by atoms with Crippen molar-refractivity contribution < 1.29 is 4.74 Å². The summed E-state index contributed by atoms with van der Waals surface area (Å²) in [7, 11) is 0. The molecule has 0 radical (unpaired) electrons. The largest absolute Gasteiger partial charge is 0.481 e. The molecule has 2 rings (SSSR count). The van der Waals surface area contributed by atoms with E-state index in [9.17, 15) is 0 Å². The fraction of sp³-hybridized carbons (Fsp3) is 0.455. The monoisotopic (exact) mass is 209 g/mol. The number of hydrogen-bond acceptors (Lipinski definition) is 3. The van der Waals surface area contributed by atoms with Gasteiger partial charge in [-0.2, -0.15) is 0 Å². The third kappa shape index (κ3) is 2.22. The van der Waals surface area contributed by atoms with E-state index < -0.39 is 0 Å². The van der Waals surface area contributed by atoms with Gasteiger partial charge in [0.15, 0.2) is 0 Å². The van der Waals surface area contributed by atoms with E-state index in [4.69, 9.17) is 10.5 Å². The smallest absolute Gasteiger partial charge is 0.138 e. The van der Waals surface area contributed by atoms with Crippen molar-refractivity contribution in [2.45, 2.75) is 24.2 Å². The summed E-state index contributed by atoms with van der Waals surface area (Å²) in [5.74, 6) is 1.80. The van der Waals surface area contributed by atoms with E-state index >= 15 is 0 Å². The van der Waals surface area contributed by atoms with Gasteiger partial charge in [-0.25, -0.2) is 0 Å². The molecule has 1 aliphatic heterocycles. The normalized spacial score (nSPS) is 13.8. The van der Waals surface area contributed by atoms with Crippen LogP contribution in [0.1, 0.15) is 18.4 Å². The van der Waals surface area contributed by atoms with Crippen molar-refractivity contribution in [2.75, 3.05) is 12.5 Å². The van der Waals surface area contributed by atoms with Gasteiger partial charge in [0.2, 0.25) is 0 Å². The van der Waals surface area contributed by atoms with E-state index in [0.29, 0.717) is 0 Å². The first-order valence-corrected chi connectivity index (χ1v) is 5.97. The quantitative estimate of drug-likeness (QED) is 0.773. The topological polar surface area (TPSA) is 35.2 Å². The van der Waals surface area contributed by atoms with Crippen molar-refractivity contribution in [2.24, 2.45) is 5.73 Å². The van der Waals surface area contributed by atoms with Gasteiger partial charge < -0.3 is 10.5 Å². The van der Waals surface area contributed by atoms with Crippen LogP contribution in [0.5, 0.6) is 5.75 Å². The van der Waals surface area contributed by atoms with Crippen LogP contribution in [0.4, 0.5) is 0 Å². The Morgan fingerprint density at radius 3 is 3.14 bits per heavy atom. The predicted octanol–water partition coefficient (Wildman–Crippen LogP) is 2.41. The molecular formula is C11H15NOS. The molecule has 2 N–H and O–H groups in total. The van der Waals surface area contributed by atoms with Gasteiger partial charge >= 0.3 is 0 Å². The van der Waals surface area contributed by atoms with Gasteiger partial charge in [-0.15, -0.1) is 0 Å². The zero-order valence-corrected chi connectivity index (χ0v) is 8.98. The number of benzene rings is 1. The molecule has 0 aromatic heterocycles. The summed E-state index contributed by atoms with van der Waals surface area (Å²) in [6.07, 6.45) is 3.42. The highest BCUT2D eigenvalue weighted by atomic mass is 32.2. The number of unbranched alkanes of at least 4 members (excludes halogenated alkanes) is 1. The van der Waals surface area contributed by atoms with Crippen LogP contribution in [-0.2, 0) is 6.42 Å². The fourth-order valence-electron chi connectivity index (χ4n) is 1.57. The molecule has 0 bridgehead atoms. The average Bonchev–Trinajstić information content (AvgIpc) is 2.65. The fourth-order valence-corrected chi connectivity index (χ4v) is 2.39. The first kappa shape index (κ1) is 9.87. The number of nitrogens with two attached hydrogens (primary N) is 1. The molecule has 0 spiro atoms. The van der Waals surface area contributed by atoms with Crippen molar-refractivity contribution in [1.82, 2.24) is 0 Å². The lowest BCUT2D eigenvalue weighted by molar-refractivity contribution is 0.397. The molecule has 14 heavy (non-hydrogen) atoms. The Hall–Kier alpha value is -0.670. The lowest BCUT2D eigenvalue weighted by Gasteiger charge is -2.02. The first-order chi connectivity index (χ1) is 6.90. The van der Waals surface area contributed by atoms with Crippen molar-refractivity contribution in [3.05, 3.63) is 23.8 Å². The molecule has 3 heteroatoms. The number of aryl methyl sites for hydroxylation is 1. The number of hydrogen-bond donors (Lipinski definition) is 1. The molecule has 0 atom stereocenters. The molecule has 0 fully saturated rings. The number of ether oxygens (including phenoxy) is 1. The van der Waals surface area contributed by atoms with Crippen molar-refractivity contribution in [1.29, 1.82) is 0 Å². The Morgan fingerprint density at radius 2 is 2.29 bits per heavy atom. The number of fused-ring (bicyclic) bond motifs is 1. The highest BCUT2D eigenvalue weighted by Gasteiger charge is 2.12. The summed E-state index contributed by atoms with van der Waals surface area (Å²) >= 11 is 1.77. The second-order valence-electron chi connectivity index (χ2n) is 3.43. The second-order valence-corrected chi connectivity index (χ2v) is 4.40. The maximum Gasteiger partial charge on any atom is 0.138 e. The molecule has 1 heterocycles. The minimum atomic E-state index is 0.765. The van der Waals surface area contributed by atoms with Gasteiger partial charge in [-0.05, 0) is 43.5 Å². The highest BCUT2D eigenvalue weighted by molar-refractivity contribution is 7.99. The molecule has 1 aromatic carbocycles. The van der Waals surface area contributed by atoms with Gasteiger partial charge in [0.05, 0.1) is 4.90 Å². The molecule has 0 amide bonds. The third-order valence-corrected chi connectivity index (χ3v) is 3.22. The lowest BCUT2D eigenvalue weighted by atomic mass is 10.1. The van der Waals surface area contributed by atoms with E-state index in [1.54, 1.807) is 11.8 Å². The van der Waals surface area contributed by atoms with Crippen LogP contribution in [0.15, 0.2) is 23.1 Å². The van der Waals surface area contributed by atoms with Crippen molar-refractivity contribution >= 4 is 11.8 Å². The van der Waals surface area contributed by atoms with Crippen LogP contribution in [0.2, 0.25) is 0 Å². The molecule has 76 valence electrons. The van der Waals surface area contributed by atoms with Gasteiger partial charge in [-0.3, -0.25) is 0 Å². The van der Waals surface area contributed by atoms with Gasteiger partial charge in [0.25, 0.3) is 0 Å². The van der Waals surface area contributed by atoms with Crippen LogP contribution in [0.25, 0.3) is 0 Å². The molecule has 1 aromatic rings. The average molecular weight is 209 g/mol. The molecule has 0 saturated carbocycles. The Morgan fingerprint density at radius 1 is 1.36 bits per heavy atom. The Kier molecular flexibility index (Phi) is 3.32. The van der Waals surface area contributed by atoms with Crippen LogP contribution in [0, 0.1) is 0 Å². The molecule has 0 saturated heterocycles. The second kappa shape index (κ2) is 4.71. The summed E-state index contributed by atoms with van der Waals surface area (Å²) in [6.45, 7) is 0.794. The highest BCUT2D eigenvalue weighted by Crippen LogP contribution is 2.36. The first-order valence-electron chi connectivity index (χ1n) is 4.99. The van der Waals surface area contributed by atoms with Crippen LogP contribution < -0.4 is 10.5 Å². The molecule has 0 unspecified atom stereocenters. The third-order valence-electron chi connectivity index (χ3n) is 2.36. The predicted molar refractivity (Wildman–Crippen MR) is 59.8 cm³/mol. The van der Waals surface area contributed by atoms with Crippen LogP contribution in [-0.4, -0.2) is 12.5 Å². The summed E-state index contributed by atoms with van der Waals surface area (Å²) < 4.78 is 5.42. The van der Waals surface area contributed by atoms with Gasteiger partial charge in [0, 0.05) is 0 Å². The van der Waals surface area contributed by atoms with E-state index in [2.05, 4.69) is 18.2 Å². The zero-order chi connectivity index (χ0) is 9.80. The van der Waals surface area contributed by atoms with Crippen LogP contribution in [0.3, 0.4) is 0 Å². The van der Waals surface area contributed by atoms with Crippen molar-refractivity contribution in [3.8, 4) is 5.75 Å². The maximum absolute atomic E-state index is 5.46. The lowest BCUT2D eigenvalue weighted by Crippen LogP contribution is -1.98. The standard InChI is InChI=1S/C11H15NOS/c12-6-2-1-3-9-4-5-10-11(7-9)14-8-13-10/h4-5,7H,1-3,6,8,12H2. The molecule has 2 nitrogen and oxygen atoms in total. The van der Waals surface area contributed by atoms with Crippen LogP contribution >= 0.6 is 11.8 Å². The summed E-state index contributed by atoms with van der Waals surface area (Å²) in [4.78, 5) is 1.29. The molecule has 1 aliphatic rings. The zero-order valence-electron chi connectivity index (χ0n) is 8.16. The van der Waals surface area contributed by atoms with E-state index in [0.717, 1.165) is 31.1 Å². The number of rotatable bonds is 4. The summed E-state index contributed by atoms with van der Waals surface area (Å²) in [5.41, 5.74) is 6.86. The van der Waals surface area contributed by atoms with E-state index in [-0.39, 0.29) is 0 Å². The van der Waals surface area contributed by atoms with Crippen molar-refractivity contribution in [3.63, 3.8) is 0 Å². The molecule has 0 aliphatic carbocycles. The SMILES string of the molecule is NCCCCc1ccc2c(c1)SCO2.